The Morgan fingerprint density at radius 3 is 2.57 bits per heavy atom. The monoisotopic (exact) mass is 200 g/mol. The van der Waals surface area contributed by atoms with E-state index in [4.69, 9.17) is 0 Å². The molecule has 4 heteroatoms. The molecule has 14 heavy (non-hydrogen) atoms. The highest BCUT2D eigenvalue weighted by Crippen LogP contribution is 2.23. The Kier molecular flexibility index (Phi) is 4.90. The van der Waals surface area contributed by atoms with Gasteiger partial charge in [0.1, 0.15) is 0 Å². The molecular formula is C10H20N2O2. The van der Waals surface area contributed by atoms with Crippen LogP contribution in [0.2, 0.25) is 0 Å². The Hall–Kier alpha value is -0.610. The van der Waals surface area contributed by atoms with E-state index in [1.165, 1.54) is 0 Å². The maximum absolute atomic E-state index is 10.9. The number of carbonyl (C=O) groups is 1. The van der Waals surface area contributed by atoms with Gasteiger partial charge in [-0.15, -0.1) is 0 Å². The van der Waals surface area contributed by atoms with Crippen molar-refractivity contribution in [1.82, 2.24) is 10.6 Å². The summed E-state index contributed by atoms with van der Waals surface area (Å²) in [5.41, 5.74) is 0. The summed E-state index contributed by atoms with van der Waals surface area (Å²) in [5, 5.41) is 15.0. The highest BCUT2D eigenvalue weighted by Gasteiger charge is 2.18. The summed E-state index contributed by atoms with van der Waals surface area (Å²) in [6.45, 7) is 1.29. The summed E-state index contributed by atoms with van der Waals surface area (Å²) < 4.78 is 0. The first-order chi connectivity index (χ1) is 6.72. The van der Waals surface area contributed by atoms with Crippen LogP contribution >= 0.6 is 0 Å². The molecule has 0 aromatic carbocycles. The normalized spacial score (nSPS) is 27.3. The van der Waals surface area contributed by atoms with Gasteiger partial charge in [-0.1, -0.05) is 0 Å². The van der Waals surface area contributed by atoms with Crippen LogP contribution in [0.4, 0.5) is 0 Å². The number of aliphatic hydroxyl groups excluding tert-OH is 1. The molecule has 1 saturated carbocycles. The van der Waals surface area contributed by atoms with Crippen molar-refractivity contribution in [3.63, 3.8) is 0 Å². The Morgan fingerprint density at radius 2 is 2.00 bits per heavy atom. The fourth-order valence-corrected chi connectivity index (χ4v) is 1.83. The zero-order valence-corrected chi connectivity index (χ0v) is 8.75. The molecule has 0 spiro atoms. The first kappa shape index (κ1) is 11.5. The molecule has 0 aromatic heterocycles. The maximum atomic E-state index is 10.9. The van der Waals surface area contributed by atoms with Gasteiger partial charge in [0.15, 0.2) is 0 Å². The summed E-state index contributed by atoms with van der Waals surface area (Å²) in [5.74, 6) is 0.656. The number of nitrogens with one attached hydrogen (secondary N) is 2. The lowest BCUT2D eigenvalue weighted by Gasteiger charge is -2.25. The summed E-state index contributed by atoms with van der Waals surface area (Å²) in [6, 6.07) is 0. The number of hydrogen-bond donors (Lipinski definition) is 3. The van der Waals surface area contributed by atoms with Gasteiger partial charge in [-0.2, -0.15) is 0 Å². The molecule has 0 saturated heterocycles. The molecule has 0 aromatic rings. The van der Waals surface area contributed by atoms with Gasteiger partial charge in [-0.25, -0.2) is 0 Å². The molecule has 1 rings (SSSR count). The second kappa shape index (κ2) is 5.98. The smallest absolute Gasteiger partial charge is 0.233 e. The first-order valence-electron chi connectivity index (χ1n) is 5.31. The largest absolute Gasteiger partial charge is 0.393 e. The lowest BCUT2D eigenvalue weighted by Crippen LogP contribution is -2.35. The third-order valence-electron chi connectivity index (χ3n) is 2.81. The average molecular weight is 200 g/mol. The van der Waals surface area contributed by atoms with Crippen LogP contribution in [0.25, 0.3) is 0 Å². The minimum absolute atomic E-state index is 0.0286. The standard InChI is InChI=1S/C10H20N2O2/c1-11-10(14)7-12-6-8-2-4-9(13)5-3-8/h8-9,12-13H,2-7H2,1H3,(H,11,14). The molecule has 0 heterocycles. The van der Waals surface area contributed by atoms with Crippen molar-refractivity contribution in [2.24, 2.45) is 5.92 Å². The predicted octanol–water partition coefficient (Wildman–Crippen LogP) is -0.127. The van der Waals surface area contributed by atoms with Crippen molar-refractivity contribution >= 4 is 5.91 Å². The summed E-state index contributed by atoms with van der Waals surface area (Å²) in [7, 11) is 1.64. The zero-order valence-electron chi connectivity index (χ0n) is 8.75. The molecule has 0 bridgehead atoms. The highest BCUT2D eigenvalue weighted by molar-refractivity contribution is 5.77. The van der Waals surface area contributed by atoms with Crippen molar-refractivity contribution in [2.75, 3.05) is 20.1 Å². The van der Waals surface area contributed by atoms with Crippen LogP contribution in [-0.2, 0) is 4.79 Å². The van der Waals surface area contributed by atoms with E-state index in [-0.39, 0.29) is 12.0 Å². The van der Waals surface area contributed by atoms with Crippen LogP contribution in [0.5, 0.6) is 0 Å². The third-order valence-corrected chi connectivity index (χ3v) is 2.81. The van der Waals surface area contributed by atoms with E-state index in [9.17, 15) is 9.90 Å². The second-order valence-electron chi connectivity index (χ2n) is 3.98. The first-order valence-corrected chi connectivity index (χ1v) is 5.31. The lowest BCUT2D eigenvalue weighted by molar-refractivity contribution is -0.119. The zero-order chi connectivity index (χ0) is 10.4. The molecule has 3 N–H and O–H groups in total. The van der Waals surface area contributed by atoms with Gasteiger partial charge in [-0.05, 0) is 38.1 Å². The second-order valence-corrected chi connectivity index (χ2v) is 3.98. The Bertz CT molecular complexity index is 177. The molecule has 1 fully saturated rings. The fourth-order valence-electron chi connectivity index (χ4n) is 1.83. The van der Waals surface area contributed by atoms with Crippen LogP contribution in [0, 0.1) is 5.92 Å². The van der Waals surface area contributed by atoms with E-state index in [0.29, 0.717) is 12.5 Å². The molecule has 0 atom stereocenters. The number of hydrogen-bond acceptors (Lipinski definition) is 3. The molecule has 1 amide bonds. The number of likely N-dealkylation sites (N-methyl/N-ethyl adjacent to an activating group) is 1. The van der Waals surface area contributed by atoms with Crippen LogP contribution in [0.1, 0.15) is 25.7 Å². The van der Waals surface area contributed by atoms with E-state index >= 15 is 0 Å². The van der Waals surface area contributed by atoms with Gasteiger partial charge in [-0.3, -0.25) is 4.79 Å². The van der Waals surface area contributed by atoms with Gasteiger partial charge in [0.2, 0.25) is 5.91 Å². The van der Waals surface area contributed by atoms with E-state index in [1.54, 1.807) is 7.05 Å². The minimum Gasteiger partial charge on any atom is -0.393 e. The molecule has 4 nitrogen and oxygen atoms in total. The van der Waals surface area contributed by atoms with Crippen molar-refractivity contribution in [2.45, 2.75) is 31.8 Å². The third kappa shape index (κ3) is 4.07. The summed E-state index contributed by atoms with van der Waals surface area (Å²) >= 11 is 0. The molecular weight excluding hydrogens is 180 g/mol. The SMILES string of the molecule is CNC(=O)CNCC1CCC(O)CC1. The van der Waals surface area contributed by atoms with Gasteiger partial charge < -0.3 is 15.7 Å². The van der Waals surface area contributed by atoms with Crippen molar-refractivity contribution in [1.29, 1.82) is 0 Å². The highest BCUT2D eigenvalue weighted by atomic mass is 16.3. The number of carbonyl (C=O) groups excluding carboxylic acids is 1. The molecule has 0 aliphatic heterocycles. The average Bonchev–Trinajstić information content (AvgIpc) is 2.21. The summed E-state index contributed by atoms with van der Waals surface area (Å²) in [6.07, 6.45) is 3.87. The van der Waals surface area contributed by atoms with Crippen LogP contribution < -0.4 is 10.6 Å². The van der Waals surface area contributed by atoms with Crippen molar-refractivity contribution < 1.29 is 9.90 Å². The van der Waals surface area contributed by atoms with E-state index in [0.717, 1.165) is 32.2 Å². The van der Waals surface area contributed by atoms with Gasteiger partial charge in [0, 0.05) is 7.05 Å². The van der Waals surface area contributed by atoms with Gasteiger partial charge in [0.05, 0.1) is 12.6 Å². The number of amides is 1. The lowest BCUT2D eigenvalue weighted by atomic mass is 9.87. The molecule has 1 aliphatic rings. The number of aliphatic hydroxyl groups is 1. The van der Waals surface area contributed by atoms with Crippen LogP contribution in [0.15, 0.2) is 0 Å². The Balaban J connectivity index is 2.04. The van der Waals surface area contributed by atoms with Crippen molar-refractivity contribution in [3.05, 3.63) is 0 Å². The van der Waals surface area contributed by atoms with Gasteiger partial charge in [0.25, 0.3) is 0 Å². The van der Waals surface area contributed by atoms with E-state index in [2.05, 4.69) is 10.6 Å². The van der Waals surface area contributed by atoms with Gasteiger partial charge >= 0.3 is 0 Å². The predicted molar refractivity (Wildman–Crippen MR) is 54.9 cm³/mol. The molecule has 82 valence electrons. The topological polar surface area (TPSA) is 61.4 Å². The minimum atomic E-state index is -0.0924. The Morgan fingerprint density at radius 1 is 1.36 bits per heavy atom. The number of rotatable bonds is 4. The maximum Gasteiger partial charge on any atom is 0.233 e. The summed E-state index contributed by atoms with van der Waals surface area (Å²) in [4.78, 5) is 10.9. The van der Waals surface area contributed by atoms with Crippen LogP contribution in [0.3, 0.4) is 0 Å². The molecule has 0 unspecified atom stereocenters. The molecule has 0 radical (unpaired) electrons. The fraction of sp³-hybridized carbons (Fsp3) is 0.900. The molecule has 1 aliphatic carbocycles. The van der Waals surface area contributed by atoms with Crippen molar-refractivity contribution in [3.8, 4) is 0 Å². The van der Waals surface area contributed by atoms with Crippen LogP contribution in [-0.4, -0.2) is 37.3 Å². The quantitative estimate of drug-likeness (QED) is 0.592. The van der Waals surface area contributed by atoms with E-state index in [1.807, 2.05) is 0 Å². The Labute approximate surface area is 85.1 Å². The van der Waals surface area contributed by atoms with E-state index < -0.39 is 0 Å².